The molecule has 114 valence electrons. The van der Waals surface area contributed by atoms with Gasteiger partial charge in [-0.3, -0.25) is 4.79 Å². The Morgan fingerprint density at radius 3 is 2.05 bits per heavy atom. The molecule has 0 bridgehead atoms. The van der Waals surface area contributed by atoms with Gasteiger partial charge in [-0.05, 0) is 45.7 Å². The largest absolute Gasteiger partial charge is 0.341 e. The Hall–Kier alpha value is -0.0300. The molecule has 0 aromatic carbocycles. The second kappa shape index (κ2) is 9.01. The van der Waals surface area contributed by atoms with Crippen molar-refractivity contribution in [2.45, 2.75) is 51.1 Å². The van der Waals surface area contributed by atoms with Crippen molar-refractivity contribution in [1.29, 1.82) is 0 Å². The molecule has 0 unspecified atom stereocenters. The van der Waals surface area contributed by atoms with Gasteiger partial charge in [-0.25, -0.2) is 0 Å². The first kappa shape index (κ1) is 19.0. The third kappa shape index (κ3) is 5.10. The van der Waals surface area contributed by atoms with E-state index in [0.29, 0.717) is 6.04 Å². The maximum Gasteiger partial charge on any atom is 0.239 e. The number of carbonyl (C=O) groups is 1. The molecule has 2 fully saturated rings. The summed E-state index contributed by atoms with van der Waals surface area (Å²) in [6.07, 6.45) is 6.33. The number of halogens is 2. The molecule has 4 nitrogen and oxygen atoms in total. The first-order valence-electron chi connectivity index (χ1n) is 6.97. The summed E-state index contributed by atoms with van der Waals surface area (Å²) in [4.78, 5) is 16.3. The summed E-state index contributed by atoms with van der Waals surface area (Å²) in [6, 6.07) is 0.356. The van der Waals surface area contributed by atoms with Crippen molar-refractivity contribution >= 4 is 30.7 Å². The van der Waals surface area contributed by atoms with Gasteiger partial charge in [-0.1, -0.05) is 6.42 Å². The molecule has 1 atom stereocenters. The van der Waals surface area contributed by atoms with Crippen molar-refractivity contribution in [2.75, 3.05) is 26.2 Å². The molecule has 0 aromatic rings. The SMILES string of the molecule is C[C@H](N)C(=O)N1CCC(N2CCCCC2)CC1.Cl.Cl. The molecule has 0 radical (unpaired) electrons. The van der Waals surface area contributed by atoms with Gasteiger partial charge in [0.25, 0.3) is 0 Å². The quantitative estimate of drug-likeness (QED) is 0.843. The second-order valence-electron chi connectivity index (χ2n) is 5.44. The fraction of sp³-hybridized carbons (Fsp3) is 0.923. The van der Waals surface area contributed by atoms with Crippen molar-refractivity contribution in [3.8, 4) is 0 Å². The van der Waals surface area contributed by atoms with Crippen LogP contribution in [-0.4, -0.2) is 54.0 Å². The molecule has 2 saturated heterocycles. The van der Waals surface area contributed by atoms with E-state index in [2.05, 4.69) is 4.90 Å². The summed E-state index contributed by atoms with van der Waals surface area (Å²) in [5, 5.41) is 0. The van der Waals surface area contributed by atoms with Gasteiger partial charge in [-0.2, -0.15) is 0 Å². The van der Waals surface area contributed by atoms with E-state index in [0.717, 1.165) is 25.9 Å². The van der Waals surface area contributed by atoms with E-state index in [-0.39, 0.29) is 36.8 Å². The Morgan fingerprint density at radius 1 is 1.05 bits per heavy atom. The lowest BCUT2D eigenvalue weighted by Gasteiger charge is -2.40. The van der Waals surface area contributed by atoms with Crippen molar-refractivity contribution in [3.05, 3.63) is 0 Å². The monoisotopic (exact) mass is 311 g/mol. The molecule has 0 aliphatic carbocycles. The van der Waals surface area contributed by atoms with Gasteiger partial charge < -0.3 is 15.5 Å². The summed E-state index contributed by atoms with van der Waals surface area (Å²) in [6.45, 7) is 6.07. The third-order valence-electron chi connectivity index (χ3n) is 4.07. The highest BCUT2D eigenvalue weighted by Crippen LogP contribution is 2.20. The number of likely N-dealkylation sites (tertiary alicyclic amines) is 2. The van der Waals surface area contributed by atoms with Crippen LogP contribution in [0.1, 0.15) is 39.0 Å². The van der Waals surface area contributed by atoms with Crippen LogP contribution in [0.25, 0.3) is 0 Å². The summed E-state index contributed by atoms with van der Waals surface area (Å²) >= 11 is 0. The molecule has 0 spiro atoms. The zero-order valence-electron chi connectivity index (χ0n) is 11.7. The van der Waals surface area contributed by atoms with E-state index in [1.807, 2.05) is 4.90 Å². The molecule has 0 saturated carbocycles. The number of piperidine rings is 2. The first-order valence-corrected chi connectivity index (χ1v) is 6.97. The van der Waals surface area contributed by atoms with Crippen LogP contribution in [0.3, 0.4) is 0 Å². The highest BCUT2D eigenvalue weighted by atomic mass is 35.5. The smallest absolute Gasteiger partial charge is 0.239 e. The lowest BCUT2D eigenvalue weighted by molar-refractivity contribution is -0.133. The molecule has 1 amide bonds. The Balaban J connectivity index is 0.00000162. The van der Waals surface area contributed by atoms with E-state index in [9.17, 15) is 4.79 Å². The van der Waals surface area contributed by atoms with Crippen LogP contribution in [0.2, 0.25) is 0 Å². The zero-order chi connectivity index (χ0) is 12.3. The van der Waals surface area contributed by atoms with Gasteiger partial charge in [0.15, 0.2) is 0 Å². The van der Waals surface area contributed by atoms with Crippen LogP contribution >= 0.6 is 24.8 Å². The molecule has 2 heterocycles. The molecule has 0 aromatic heterocycles. The normalized spacial score (nSPS) is 23.2. The molecule has 19 heavy (non-hydrogen) atoms. The minimum atomic E-state index is -0.346. The number of rotatable bonds is 2. The molecule has 2 aliphatic heterocycles. The number of nitrogens with zero attached hydrogens (tertiary/aromatic N) is 2. The molecule has 6 heteroatoms. The highest BCUT2D eigenvalue weighted by Gasteiger charge is 2.28. The lowest BCUT2D eigenvalue weighted by atomic mass is 9.99. The van der Waals surface area contributed by atoms with Crippen LogP contribution in [0, 0.1) is 0 Å². The topological polar surface area (TPSA) is 49.6 Å². The fourth-order valence-electron chi connectivity index (χ4n) is 3.02. The van der Waals surface area contributed by atoms with Crippen LogP contribution in [-0.2, 0) is 4.79 Å². The van der Waals surface area contributed by atoms with Gasteiger partial charge in [0.2, 0.25) is 5.91 Å². The summed E-state index contributed by atoms with van der Waals surface area (Å²) in [5.41, 5.74) is 5.64. The zero-order valence-corrected chi connectivity index (χ0v) is 13.3. The summed E-state index contributed by atoms with van der Waals surface area (Å²) < 4.78 is 0. The Labute approximate surface area is 128 Å². The van der Waals surface area contributed by atoms with Gasteiger partial charge >= 0.3 is 0 Å². The fourth-order valence-corrected chi connectivity index (χ4v) is 3.02. The molecule has 2 aliphatic rings. The van der Waals surface area contributed by atoms with Gasteiger partial charge in [0.05, 0.1) is 6.04 Å². The van der Waals surface area contributed by atoms with Crippen LogP contribution in [0.4, 0.5) is 0 Å². The maximum atomic E-state index is 11.8. The van der Waals surface area contributed by atoms with E-state index in [4.69, 9.17) is 5.73 Å². The third-order valence-corrected chi connectivity index (χ3v) is 4.07. The van der Waals surface area contributed by atoms with Crippen LogP contribution in [0.5, 0.6) is 0 Å². The van der Waals surface area contributed by atoms with E-state index in [1.54, 1.807) is 6.92 Å². The van der Waals surface area contributed by atoms with Gasteiger partial charge in [0.1, 0.15) is 0 Å². The summed E-state index contributed by atoms with van der Waals surface area (Å²) in [7, 11) is 0. The lowest BCUT2D eigenvalue weighted by Crippen LogP contribution is -2.51. The Morgan fingerprint density at radius 2 is 1.58 bits per heavy atom. The Bertz CT molecular complexity index is 263. The van der Waals surface area contributed by atoms with Crippen molar-refractivity contribution < 1.29 is 4.79 Å². The van der Waals surface area contributed by atoms with Gasteiger partial charge in [0, 0.05) is 19.1 Å². The predicted octanol–water partition coefficient (Wildman–Crippen LogP) is 1.65. The molecular weight excluding hydrogens is 285 g/mol. The first-order chi connectivity index (χ1) is 8.18. The van der Waals surface area contributed by atoms with Crippen molar-refractivity contribution in [1.82, 2.24) is 9.80 Å². The van der Waals surface area contributed by atoms with Gasteiger partial charge in [-0.15, -0.1) is 24.8 Å². The minimum Gasteiger partial charge on any atom is -0.341 e. The molecular formula is C13H27Cl2N3O. The number of hydrogen-bond donors (Lipinski definition) is 1. The average Bonchev–Trinajstić information content (AvgIpc) is 2.39. The minimum absolute atomic E-state index is 0. The van der Waals surface area contributed by atoms with Crippen LogP contribution < -0.4 is 5.73 Å². The van der Waals surface area contributed by atoms with Crippen molar-refractivity contribution in [2.24, 2.45) is 5.73 Å². The van der Waals surface area contributed by atoms with E-state index < -0.39 is 0 Å². The molecule has 2 rings (SSSR count). The number of carbonyl (C=O) groups excluding carboxylic acids is 1. The van der Waals surface area contributed by atoms with E-state index in [1.165, 1.54) is 32.4 Å². The second-order valence-corrected chi connectivity index (χ2v) is 5.44. The van der Waals surface area contributed by atoms with E-state index >= 15 is 0 Å². The number of nitrogens with two attached hydrogens (primary N) is 1. The molecule has 2 N–H and O–H groups in total. The Kier molecular flexibility index (Phi) is 8.99. The predicted molar refractivity (Wildman–Crippen MR) is 83.2 cm³/mol. The highest BCUT2D eigenvalue weighted by molar-refractivity contribution is 5.85. The van der Waals surface area contributed by atoms with Crippen molar-refractivity contribution in [3.63, 3.8) is 0 Å². The maximum absolute atomic E-state index is 11.8. The summed E-state index contributed by atoms with van der Waals surface area (Å²) in [5.74, 6) is 0.113. The number of hydrogen-bond acceptors (Lipinski definition) is 3. The average molecular weight is 312 g/mol. The number of amides is 1. The van der Waals surface area contributed by atoms with Crippen LogP contribution in [0.15, 0.2) is 0 Å². The standard InChI is InChI=1S/C13H25N3O.2ClH/c1-11(14)13(17)16-9-5-12(6-10-16)15-7-3-2-4-8-15;;/h11-12H,2-10,14H2,1H3;2*1H/t11-;;/m0../s1.